The van der Waals surface area contributed by atoms with Crippen LogP contribution in [0.2, 0.25) is 0 Å². The van der Waals surface area contributed by atoms with E-state index in [-0.39, 0.29) is 14.4 Å². The van der Waals surface area contributed by atoms with E-state index in [2.05, 4.69) is 53.4 Å². The lowest BCUT2D eigenvalue weighted by Crippen LogP contribution is -2.30. The van der Waals surface area contributed by atoms with Gasteiger partial charge in [-0.05, 0) is 83.7 Å². The van der Waals surface area contributed by atoms with Crippen LogP contribution in [-0.4, -0.2) is 23.1 Å². The Bertz CT molecular complexity index is 1290. The van der Waals surface area contributed by atoms with Crippen LogP contribution in [0.5, 0.6) is 5.75 Å². The molecule has 4 aromatic rings. The van der Waals surface area contributed by atoms with Crippen molar-refractivity contribution < 1.29 is 9.50 Å². The van der Waals surface area contributed by atoms with Crippen molar-refractivity contribution in [3.8, 4) is 5.75 Å². The van der Waals surface area contributed by atoms with Gasteiger partial charge in [0.05, 0.1) is 0 Å². The van der Waals surface area contributed by atoms with Gasteiger partial charge in [0.2, 0.25) is 0 Å². The molecule has 0 aliphatic carbocycles. The van der Waals surface area contributed by atoms with Gasteiger partial charge in [-0.3, -0.25) is 4.90 Å². The third-order valence-corrected chi connectivity index (χ3v) is 8.32. The van der Waals surface area contributed by atoms with Crippen molar-refractivity contribution in [1.82, 2.24) is 4.90 Å². The Labute approximate surface area is 215 Å². The maximum absolute atomic E-state index is 14.3. The Kier molecular flexibility index (Phi) is 8.11. The summed E-state index contributed by atoms with van der Waals surface area (Å²) in [4.78, 5) is 2.43. The van der Waals surface area contributed by atoms with Gasteiger partial charge >= 0.3 is 0 Å². The lowest BCUT2D eigenvalue weighted by Gasteiger charge is -2.27. The van der Waals surface area contributed by atoms with E-state index < -0.39 is 0 Å². The predicted molar refractivity (Wildman–Crippen MR) is 150 cm³/mol. The summed E-state index contributed by atoms with van der Waals surface area (Å²) >= 11 is 0. The van der Waals surface area contributed by atoms with Crippen LogP contribution in [-0.2, 0) is 19.4 Å². The van der Waals surface area contributed by atoms with E-state index in [0.717, 1.165) is 47.8 Å². The summed E-state index contributed by atoms with van der Waals surface area (Å²) < 4.78 is 14.3. The van der Waals surface area contributed by atoms with Crippen LogP contribution in [0.4, 0.5) is 4.39 Å². The molecule has 5 rings (SSSR count). The molecule has 4 aromatic carbocycles. The number of piperidine rings is 1. The zero-order valence-corrected chi connectivity index (χ0v) is 21.6. The summed E-state index contributed by atoms with van der Waals surface area (Å²) in [6, 6.07) is 30.2. The second-order valence-electron chi connectivity index (χ2n) is 9.74. The summed E-state index contributed by atoms with van der Waals surface area (Å²) in [5.41, 5.74) is 5.58. The van der Waals surface area contributed by atoms with Gasteiger partial charge in [-0.25, -0.2) is 4.39 Å². The summed E-state index contributed by atoms with van der Waals surface area (Å²) in [5.74, 6) is 0.171. The first-order valence-corrected chi connectivity index (χ1v) is 13.8. The predicted octanol–water partition coefficient (Wildman–Crippen LogP) is 6.33. The number of phenols is 1. The largest absolute Gasteiger partial charge is 0.507 e. The first-order valence-electron chi connectivity index (χ1n) is 12.8. The van der Waals surface area contributed by atoms with Gasteiger partial charge in [-0.2, -0.15) is 0 Å². The van der Waals surface area contributed by atoms with Gasteiger partial charge in [0.15, 0.2) is 0 Å². The molecule has 0 bridgehead atoms. The van der Waals surface area contributed by atoms with E-state index in [0.29, 0.717) is 12.2 Å². The fourth-order valence-electron chi connectivity index (χ4n) is 5.06. The van der Waals surface area contributed by atoms with Crippen LogP contribution >= 0.6 is 8.58 Å². The molecule has 1 aliphatic rings. The van der Waals surface area contributed by atoms with Crippen molar-refractivity contribution in [1.29, 1.82) is 0 Å². The molecule has 1 unspecified atom stereocenters. The van der Waals surface area contributed by atoms with Gasteiger partial charge in [0.25, 0.3) is 0 Å². The van der Waals surface area contributed by atoms with Crippen LogP contribution in [0.1, 0.15) is 47.1 Å². The maximum atomic E-state index is 14.3. The lowest BCUT2D eigenvalue weighted by molar-refractivity contribution is 0.221. The molecule has 1 aliphatic heterocycles. The van der Waals surface area contributed by atoms with Crippen LogP contribution in [0.15, 0.2) is 91.0 Å². The van der Waals surface area contributed by atoms with Crippen LogP contribution in [0, 0.1) is 5.82 Å². The van der Waals surface area contributed by atoms with Gasteiger partial charge in [0.1, 0.15) is 11.6 Å². The molecule has 0 saturated carbocycles. The number of nitrogens with zero attached hydrogens (tertiary/aromatic N) is 1. The average Bonchev–Trinajstić information content (AvgIpc) is 2.90. The molecule has 1 N–H and O–H groups in total. The van der Waals surface area contributed by atoms with Crippen molar-refractivity contribution >= 4 is 19.2 Å². The summed E-state index contributed by atoms with van der Waals surface area (Å²) in [7, 11) is 0.263. The second-order valence-corrected chi connectivity index (χ2v) is 11.1. The van der Waals surface area contributed by atoms with E-state index in [9.17, 15) is 9.50 Å². The second kappa shape index (κ2) is 11.8. The number of halogens is 1. The Morgan fingerprint density at radius 2 is 1.33 bits per heavy atom. The third kappa shape index (κ3) is 6.40. The van der Waals surface area contributed by atoms with Gasteiger partial charge in [-0.15, -0.1) is 0 Å². The molecule has 1 heterocycles. The molecule has 0 amide bonds. The topological polar surface area (TPSA) is 23.5 Å². The van der Waals surface area contributed by atoms with Crippen LogP contribution in [0.3, 0.4) is 0 Å². The zero-order valence-electron chi connectivity index (χ0n) is 20.6. The highest BCUT2D eigenvalue weighted by Gasteiger charge is 2.17. The first-order chi connectivity index (χ1) is 17.6. The summed E-state index contributed by atoms with van der Waals surface area (Å²) in [6.45, 7) is 2.90. The highest BCUT2D eigenvalue weighted by molar-refractivity contribution is 7.55. The first kappa shape index (κ1) is 24.7. The van der Waals surface area contributed by atoms with Crippen molar-refractivity contribution in [3.05, 3.63) is 125 Å². The van der Waals surface area contributed by atoms with E-state index in [1.54, 1.807) is 12.1 Å². The normalized spacial score (nSPS) is 14.5. The minimum absolute atomic E-state index is 0.192. The number of benzene rings is 4. The molecule has 184 valence electrons. The number of hydrogen-bond acceptors (Lipinski definition) is 2. The Morgan fingerprint density at radius 1 is 0.667 bits per heavy atom. The molecular formula is C32H33FNOP. The van der Waals surface area contributed by atoms with E-state index >= 15 is 0 Å². The zero-order chi connectivity index (χ0) is 24.7. The van der Waals surface area contributed by atoms with Gasteiger partial charge in [-0.1, -0.05) is 87.8 Å². The quantitative estimate of drug-likeness (QED) is 0.288. The van der Waals surface area contributed by atoms with Crippen molar-refractivity contribution in [2.75, 3.05) is 13.1 Å². The van der Waals surface area contributed by atoms with Crippen molar-refractivity contribution in [2.24, 2.45) is 0 Å². The number of phenolic OH excluding ortho intramolecular Hbond substituents is 1. The molecule has 1 fully saturated rings. The smallest absolute Gasteiger partial charge is 0.126 e. The average molecular weight is 498 g/mol. The van der Waals surface area contributed by atoms with Crippen LogP contribution in [0.25, 0.3) is 0 Å². The van der Waals surface area contributed by atoms with E-state index in [1.165, 1.54) is 36.0 Å². The highest BCUT2D eigenvalue weighted by Crippen LogP contribution is 2.29. The highest BCUT2D eigenvalue weighted by atomic mass is 31.1. The third-order valence-electron chi connectivity index (χ3n) is 6.92. The Hall–Kier alpha value is -3.00. The molecule has 36 heavy (non-hydrogen) atoms. The SMILES string of the molecule is Oc1c(Cc2ccccc2)cc(Cc2ccccc2)cc1Pc1ccc(F)cc1CN1CCCCC1. The fraction of sp³-hybridized carbons (Fsp3) is 0.250. The summed E-state index contributed by atoms with van der Waals surface area (Å²) in [5, 5.41) is 13.4. The molecule has 1 atom stereocenters. The van der Waals surface area contributed by atoms with E-state index in [1.807, 2.05) is 30.3 Å². The molecule has 1 saturated heterocycles. The minimum atomic E-state index is -0.192. The maximum Gasteiger partial charge on any atom is 0.126 e. The van der Waals surface area contributed by atoms with E-state index in [4.69, 9.17) is 0 Å². The Balaban J connectivity index is 1.48. The molecule has 0 radical (unpaired) electrons. The van der Waals surface area contributed by atoms with Gasteiger partial charge < -0.3 is 5.11 Å². The van der Waals surface area contributed by atoms with Crippen LogP contribution < -0.4 is 10.6 Å². The standard InChI is InChI=1S/C32H33FNOP/c33-29-14-15-30(28(22-29)23-34-16-8-3-9-17-34)36-31-21-26(18-24-10-4-1-5-11-24)20-27(32(31)35)19-25-12-6-2-7-13-25/h1-2,4-7,10-15,20-22,35-36H,3,8-9,16-19,23H2. The van der Waals surface area contributed by atoms with Crippen molar-refractivity contribution in [3.63, 3.8) is 0 Å². The number of aromatic hydroxyl groups is 1. The number of rotatable bonds is 8. The molecular weight excluding hydrogens is 464 g/mol. The number of likely N-dealkylation sites (tertiary alicyclic amines) is 1. The summed E-state index contributed by atoms with van der Waals surface area (Å²) in [6.07, 6.45) is 5.18. The Morgan fingerprint density at radius 3 is 2.03 bits per heavy atom. The lowest BCUT2D eigenvalue weighted by atomic mass is 9.98. The molecule has 2 nitrogen and oxygen atoms in total. The molecule has 4 heteroatoms. The molecule has 0 aromatic heterocycles. The monoisotopic (exact) mass is 497 g/mol. The fourth-order valence-corrected chi connectivity index (χ4v) is 6.36. The minimum Gasteiger partial charge on any atom is -0.507 e. The van der Waals surface area contributed by atoms with Gasteiger partial charge in [0, 0.05) is 18.3 Å². The molecule has 0 spiro atoms. The van der Waals surface area contributed by atoms with Crippen molar-refractivity contribution in [2.45, 2.75) is 38.6 Å². The number of hydrogen-bond donors (Lipinski definition) is 1.